The fourth-order valence-corrected chi connectivity index (χ4v) is 4.30. The molecule has 0 bridgehead atoms. The first-order valence-electron chi connectivity index (χ1n) is 11.8. The standard InChI is InChI=1S/C29H33NO4S/c1-20(2)17-27(23-11-14-25(35-3)15-12-23)30-29(33)26-18-21(9-10-22(26)13-16-28(31)32)19-34-24-7-5-4-6-8-24/h4-12,14-15,18,20,27H,13,16-17,19H2,1-3H3,(H,30,33)(H,31,32). The van der Waals surface area contributed by atoms with Gasteiger partial charge in [0.2, 0.25) is 0 Å². The molecule has 1 unspecified atom stereocenters. The van der Waals surface area contributed by atoms with Crippen molar-refractivity contribution in [3.63, 3.8) is 0 Å². The van der Waals surface area contributed by atoms with Crippen molar-refractivity contribution in [3.8, 4) is 5.75 Å². The first-order valence-corrected chi connectivity index (χ1v) is 13.0. The third-order valence-corrected chi connectivity index (χ3v) is 6.45. The van der Waals surface area contributed by atoms with Crippen LogP contribution in [0.3, 0.4) is 0 Å². The monoisotopic (exact) mass is 491 g/mol. The summed E-state index contributed by atoms with van der Waals surface area (Å²) in [4.78, 5) is 25.9. The Morgan fingerprint density at radius 2 is 1.71 bits per heavy atom. The lowest BCUT2D eigenvalue weighted by atomic mass is 9.95. The summed E-state index contributed by atoms with van der Waals surface area (Å²) in [5.74, 6) is 0.0442. The van der Waals surface area contributed by atoms with Gasteiger partial charge in [0.25, 0.3) is 5.91 Å². The van der Waals surface area contributed by atoms with Crippen LogP contribution in [-0.2, 0) is 17.8 Å². The van der Waals surface area contributed by atoms with Crippen LogP contribution in [0.4, 0.5) is 0 Å². The van der Waals surface area contributed by atoms with E-state index in [1.165, 1.54) is 4.90 Å². The molecule has 0 aliphatic carbocycles. The lowest BCUT2D eigenvalue weighted by Gasteiger charge is -2.22. The number of rotatable bonds is 12. The second kappa shape index (κ2) is 13.0. The number of carboxylic acids is 1. The van der Waals surface area contributed by atoms with E-state index in [0.29, 0.717) is 18.1 Å². The number of aryl methyl sites for hydroxylation is 1. The summed E-state index contributed by atoms with van der Waals surface area (Å²) < 4.78 is 5.86. The van der Waals surface area contributed by atoms with Crippen LogP contribution in [-0.4, -0.2) is 23.2 Å². The molecule has 0 spiro atoms. The summed E-state index contributed by atoms with van der Waals surface area (Å²) in [6.45, 7) is 4.58. The molecule has 3 rings (SSSR count). The van der Waals surface area contributed by atoms with Gasteiger partial charge in [0.15, 0.2) is 0 Å². The summed E-state index contributed by atoms with van der Waals surface area (Å²) >= 11 is 1.68. The Kier molecular flexibility index (Phi) is 9.79. The van der Waals surface area contributed by atoms with Crippen molar-refractivity contribution >= 4 is 23.6 Å². The molecule has 184 valence electrons. The van der Waals surface area contributed by atoms with Crippen LogP contribution in [0.2, 0.25) is 0 Å². The van der Waals surface area contributed by atoms with E-state index in [-0.39, 0.29) is 24.8 Å². The van der Waals surface area contributed by atoms with Crippen LogP contribution in [0, 0.1) is 5.92 Å². The van der Waals surface area contributed by atoms with Crippen LogP contribution in [0.25, 0.3) is 0 Å². The van der Waals surface area contributed by atoms with E-state index in [1.807, 2.05) is 54.8 Å². The molecule has 0 saturated heterocycles. The maximum absolute atomic E-state index is 13.5. The number of hydrogen-bond acceptors (Lipinski definition) is 4. The minimum atomic E-state index is -0.889. The topological polar surface area (TPSA) is 75.6 Å². The number of amides is 1. The quantitative estimate of drug-likeness (QED) is 0.282. The number of carbonyl (C=O) groups is 2. The van der Waals surface area contributed by atoms with Crippen LogP contribution >= 0.6 is 11.8 Å². The smallest absolute Gasteiger partial charge is 0.303 e. The molecule has 0 radical (unpaired) electrons. The van der Waals surface area contributed by atoms with E-state index < -0.39 is 5.97 Å². The molecule has 1 amide bonds. The average molecular weight is 492 g/mol. The molecule has 0 fully saturated rings. The summed E-state index contributed by atoms with van der Waals surface area (Å²) in [5, 5.41) is 12.4. The predicted molar refractivity (Wildman–Crippen MR) is 141 cm³/mol. The highest BCUT2D eigenvalue weighted by Crippen LogP contribution is 2.25. The molecule has 5 nitrogen and oxygen atoms in total. The van der Waals surface area contributed by atoms with Crippen LogP contribution in [0.1, 0.15) is 59.8 Å². The van der Waals surface area contributed by atoms with Gasteiger partial charge in [-0.1, -0.05) is 56.3 Å². The number of thioether (sulfide) groups is 1. The zero-order chi connectivity index (χ0) is 25.2. The van der Waals surface area contributed by atoms with Gasteiger partial charge in [-0.05, 0) is 72.0 Å². The summed E-state index contributed by atoms with van der Waals surface area (Å²) in [5.41, 5.74) is 3.12. The van der Waals surface area contributed by atoms with E-state index >= 15 is 0 Å². The Labute approximate surface area is 211 Å². The number of benzene rings is 3. The molecule has 0 aliphatic rings. The number of nitrogens with one attached hydrogen (secondary N) is 1. The maximum atomic E-state index is 13.5. The van der Waals surface area contributed by atoms with Gasteiger partial charge >= 0.3 is 5.97 Å². The summed E-state index contributed by atoms with van der Waals surface area (Å²) in [7, 11) is 0. The van der Waals surface area contributed by atoms with E-state index in [4.69, 9.17) is 4.74 Å². The molecule has 0 aromatic heterocycles. The molecule has 0 saturated carbocycles. The van der Waals surface area contributed by atoms with Gasteiger partial charge in [-0.3, -0.25) is 9.59 Å². The van der Waals surface area contributed by atoms with Crippen molar-refractivity contribution in [3.05, 3.63) is 95.1 Å². The van der Waals surface area contributed by atoms with Gasteiger partial charge in [0.1, 0.15) is 12.4 Å². The Morgan fingerprint density at radius 1 is 1.00 bits per heavy atom. The van der Waals surface area contributed by atoms with Gasteiger partial charge in [-0.15, -0.1) is 11.8 Å². The maximum Gasteiger partial charge on any atom is 0.303 e. The Hall–Kier alpha value is -3.25. The van der Waals surface area contributed by atoms with Gasteiger partial charge < -0.3 is 15.2 Å². The van der Waals surface area contributed by atoms with E-state index in [0.717, 1.165) is 28.9 Å². The lowest BCUT2D eigenvalue weighted by Crippen LogP contribution is -2.30. The zero-order valence-electron chi connectivity index (χ0n) is 20.5. The fourth-order valence-electron chi connectivity index (χ4n) is 3.89. The Balaban J connectivity index is 1.85. The first kappa shape index (κ1) is 26.4. The third kappa shape index (κ3) is 8.18. The minimum absolute atomic E-state index is 0.0360. The number of para-hydroxylation sites is 1. The number of hydrogen-bond donors (Lipinski definition) is 2. The van der Waals surface area contributed by atoms with Gasteiger partial charge in [-0.2, -0.15) is 0 Å². The molecule has 0 heterocycles. The highest BCUT2D eigenvalue weighted by atomic mass is 32.2. The molecular formula is C29H33NO4S. The predicted octanol–water partition coefficient (Wildman–Crippen LogP) is 6.52. The Bertz CT molecular complexity index is 1110. The molecule has 3 aromatic rings. The zero-order valence-corrected chi connectivity index (χ0v) is 21.3. The van der Waals surface area contributed by atoms with Crippen LogP contribution in [0.5, 0.6) is 5.75 Å². The van der Waals surface area contributed by atoms with Gasteiger partial charge in [-0.25, -0.2) is 0 Å². The van der Waals surface area contributed by atoms with Crippen molar-refractivity contribution in [2.24, 2.45) is 5.92 Å². The molecule has 3 aromatic carbocycles. The number of aliphatic carboxylic acids is 1. The molecule has 0 aliphatic heterocycles. The highest BCUT2D eigenvalue weighted by molar-refractivity contribution is 7.98. The number of carbonyl (C=O) groups excluding carboxylic acids is 1. The van der Waals surface area contributed by atoms with Crippen molar-refractivity contribution in [1.29, 1.82) is 0 Å². The average Bonchev–Trinajstić information content (AvgIpc) is 2.86. The summed E-state index contributed by atoms with van der Waals surface area (Å²) in [6.07, 6.45) is 3.09. The van der Waals surface area contributed by atoms with Crippen LogP contribution in [0.15, 0.2) is 77.7 Å². The molecular weight excluding hydrogens is 458 g/mol. The largest absolute Gasteiger partial charge is 0.489 e. The second-order valence-corrected chi connectivity index (χ2v) is 9.80. The fraction of sp³-hybridized carbons (Fsp3) is 0.310. The Morgan fingerprint density at radius 3 is 2.34 bits per heavy atom. The molecule has 6 heteroatoms. The number of ether oxygens (including phenoxy) is 1. The van der Waals surface area contributed by atoms with Crippen molar-refractivity contribution in [1.82, 2.24) is 5.32 Å². The minimum Gasteiger partial charge on any atom is -0.489 e. The second-order valence-electron chi connectivity index (χ2n) is 8.92. The van der Waals surface area contributed by atoms with Gasteiger partial charge in [0.05, 0.1) is 6.04 Å². The SMILES string of the molecule is CSc1ccc(C(CC(C)C)NC(=O)c2cc(COc3ccccc3)ccc2CCC(=O)O)cc1. The normalized spacial score (nSPS) is 11.8. The number of carboxylic acid groups (broad SMARTS) is 1. The first-order chi connectivity index (χ1) is 16.9. The van der Waals surface area contributed by atoms with Crippen molar-refractivity contribution < 1.29 is 19.4 Å². The van der Waals surface area contributed by atoms with Crippen LogP contribution < -0.4 is 10.1 Å². The highest BCUT2D eigenvalue weighted by Gasteiger charge is 2.20. The van der Waals surface area contributed by atoms with E-state index in [2.05, 4.69) is 43.4 Å². The van der Waals surface area contributed by atoms with Crippen molar-refractivity contribution in [2.75, 3.05) is 6.26 Å². The molecule has 2 N–H and O–H groups in total. The molecule has 35 heavy (non-hydrogen) atoms. The van der Waals surface area contributed by atoms with E-state index in [9.17, 15) is 14.7 Å². The summed E-state index contributed by atoms with van der Waals surface area (Å²) in [6, 6.07) is 23.2. The lowest BCUT2D eigenvalue weighted by molar-refractivity contribution is -0.136. The van der Waals surface area contributed by atoms with Gasteiger partial charge in [0, 0.05) is 16.9 Å². The van der Waals surface area contributed by atoms with E-state index in [1.54, 1.807) is 11.8 Å². The molecule has 1 atom stereocenters. The van der Waals surface area contributed by atoms with Crippen molar-refractivity contribution in [2.45, 2.75) is 50.7 Å². The third-order valence-electron chi connectivity index (χ3n) is 5.71.